The molecule has 100 valence electrons. The van der Waals surface area contributed by atoms with Gasteiger partial charge in [0.1, 0.15) is 0 Å². The summed E-state index contributed by atoms with van der Waals surface area (Å²) in [4.78, 5) is 12.1. The fraction of sp³-hybridized carbons (Fsp3) is 0.353. The zero-order valence-corrected chi connectivity index (χ0v) is 11.8. The van der Waals surface area contributed by atoms with Gasteiger partial charge in [0, 0.05) is 0 Å². The third-order valence-corrected chi connectivity index (χ3v) is 3.46. The number of aryl methyl sites for hydroxylation is 1. The molecule has 0 saturated heterocycles. The van der Waals surface area contributed by atoms with Crippen LogP contribution in [0.2, 0.25) is 0 Å². The number of allylic oxidation sites excluding steroid dienone is 3. The summed E-state index contributed by atoms with van der Waals surface area (Å²) in [5.74, 6) is -0.300. The number of esters is 1. The summed E-state index contributed by atoms with van der Waals surface area (Å²) < 4.78 is 5.20. The Bertz CT molecular complexity index is 538. The van der Waals surface area contributed by atoms with E-state index in [2.05, 4.69) is 38.1 Å². The fourth-order valence-electron chi connectivity index (χ4n) is 2.46. The molecule has 0 N–H and O–H groups in total. The molecule has 0 radical (unpaired) electrons. The standard InChI is InChI=1S/C17H20O2/c1-4-19-17(18)15-10-9-12(2)11-16(15)14-8-6-5-7-13(14)3/h5-9,11,15H,4,10H2,1-3H3. The van der Waals surface area contributed by atoms with Crippen LogP contribution in [0.15, 0.2) is 42.0 Å². The molecule has 0 aromatic heterocycles. The molecule has 1 aromatic carbocycles. The highest BCUT2D eigenvalue weighted by Crippen LogP contribution is 2.34. The first-order chi connectivity index (χ1) is 9.13. The molecule has 1 aliphatic carbocycles. The molecule has 2 rings (SSSR count). The lowest BCUT2D eigenvalue weighted by Gasteiger charge is -2.23. The van der Waals surface area contributed by atoms with Crippen LogP contribution in [0.3, 0.4) is 0 Å². The van der Waals surface area contributed by atoms with Gasteiger partial charge in [-0.3, -0.25) is 4.79 Å². The second kappa shape index (κ2) is 5.87. The molecule has 0 heterocycles. The van der Waals surface area contributed by atoms with Crippen LogP contribution in [0, 0.1) is 12.8 Å². The quantitative estimate of drug-likeness (QED) is 0.766. The summed E-state index contributed by atoms with van der Waals surface area (Å²) in [6.07, 6.45) is 4.93. The van der Waals surface area contributed by atoms with Crippen molar-refractivity contribution in [2.75, 3.05) is 6.61 Å². The highest BCUT2D eigenvalue weighted by molar-refractivity contribution is 5.91. The molecule has 19 heavy (non-hydrogen) atoms. The Morgan fingerprint density at radius 1 is 1.32 bits per heavy atom. The van der Waals surface area contributed by atoms with Crippen molar-refractivity contribution in [1.29, 1.82) is 0 Å². The van der Waals surface area contributed by atoms with Crippen molar-refractivity contribution in [3.8, 4) is 0 Å². The van der Waals surface area contributed by atoms with E-state index in [0.29, 0.717) is 6.61 Å². The summed E-state index contributed by atoms with van der Waals surface area (Å²) >= 11 is 0. The number of carbonyl (C=O) groups excluding carboxylic acids is 1. The maximum atomic E-state index is 12.1. The first-order valence-corrected chi connectivity index (χ1v) is 6.74. The average molecular weight is 256 g/mol. The van der Waals surface area contributed by atoms with Crippen molar-refractivity contribution in [2.45, 2.75) is 27.2 Å². The Morgan fingerprint density at radius 3 is 2.74 bits per heavy atom. The highest BCUT2D eigenvalue weighted by Gasteiger charge is 2.27. The molecule has 0 spiro atoms. The van der Waals surface area contributed by atoms with Crippen LogP contribution in [-0.4, -0.2) is 12.6 Å². The van der Waals surface area contributed by atoms with E-state index in [1.165, 1.54) is 11.1 Å². The van der Waals surface area contributed by atoms with Crippen LogP contribution in [0.25, 0.3) is 5.57 Å². The molecule has 1 aliphatic rings. The van der Waals surface area contributed by atoms with Gasteiger partial charge < -0.3 is 4.74 Å². The van der Waals surface area contributed by atoms with E-state index in [9.17, 15) is 4.79 Å². The molecule has 2 heteroatoms. The number of hydrogen-bond acceptors (Lipinski definition) is 2. The number of rotatable bonds is 3. The van der Waals surface area contributed by atoms with Gasteiger partial charge in [0.25, 0.3) is 0 Å². The number of benzene rings is 1. The lowest BCUT2D eigenvalue weighted by molar-refractivity contribution is -0.145. The second-order valence-electron chi connectivity index (χ2n) is 4.90. The third kappa shape index (κ3) is 2.95. The van der Waals surface area contributed by atoms with Gasteiger partial charge in [-0.1, -0.05) is 42.0 Å². The number of hydrogen-bond donors (Lipinski definition) is 0. The fourth-order valence-corrected chi connectivity index (χ4v) is 2.46. The normalized spacial score (nSPS) is 18.6. The first kappa shape index (κ1) is 13.6. The smallest absolute Gasteiger partial charge is 0.313 e. The minimum Gasteiger partial charge on any atom is -0.466 e. The van der Waals surface area contributed by atoms with Crippen molar-refractivity contribution in [2.24, 2.45) is 5.92 Å². The predicted octanol–water partition coefficient (Wildman–Crippen LogP) is 3.91. The van der Waals surface area contributed by atoms with Gasteiger partial charge in [-0.25, -0.2) is 0 Å². The summed E-state index contributed by atoms with van der Waals surface area (Å²) in [5, 5.41) is 0. The molecule has 0 amide bonds. The SMILES string of the molecule is CCOC(=O)C1CC=C(C)C=C1c1ccccc1C. The van der Waals surface area contributed by atoms with E-state index in [1.807, 2.05) is 19.1 Å². The van der Waals surface area contributed by atoms with Gasteiger partial charge in [0.2, 0.25) is 0 Å². The molecule has 0 saturated carbocycles. The minimum absolute atomic E-state index is 0.124. The summed E-state index contributed by atoms with van der Waals surface area (Å²) in [5.41, 5.74) is 4.63. The lowest BCUT2D eigenvalue weighted by Crippen LogP contribution is -2.21. The molecule has 2 nitrogen and oxygen atoms in total. The Kier molecular flexibility index (Phi) is 4.20. The molecule has 0 fully saturated rings. The van der Waals surface area contributed by atoms with Gasteiger partial charge in [-0.05, 0) is 43.9 Å². The Morgan fingerprint density at radius 2 is 2.05 bits per heavy atom. The molecule has 1 aromatic rings. The second-order valence-corrected chi connectivity index (χ2v) is 4.90. The zero-order valence-electron chi connectivity index (χ0n) is 11.8. The maximum Gasteiger partial charge on any atom is 0.313 e. The van der Waals surface area contributed by atoms with Gasteiger partial charge in [0.05, 0.1) is 12.5 Å². The zero-order chi connectivity index (χ0) is 13.8. The number of carbonyl (C=O) groups is 1. The maximum absolute atomic E-state index is 12.1. The van der Waals surface area contributed by atoms with Crippen molar-refractivity contribution in [1.82, 2.24) is 0 Å². The van der Waals surface area contributed by atoms with Crippen molar-refractivity contribution in [3.63, 3.8) is 0 Å². The van der Waals surface area contributed by atoms with Gasteiger partial charge in [0.15, 0.2) is 0 Å². The Labute approximate surface area is 114 Å². The van der Waals surface area contributed by atoms with E-state index in [0.717, 1.165) is 17.6 Å². The van der Waals surface area contributed by atoms with E-state index in [1.54, 1.807) is 0 Å². The molecule has 1 atom stereocenters. The van der Waals surface area contributed by atoms with Crippen LogP contribution < -0.4 is 0 Å². The van der Waals surface area contributed by atoms with Crippen LogP contribution >= 0.6 is 0 Å². The molecule has 1 unspecified atom stereocenters. The van der Waals surface area contributed by atoms with Gasteiger partial charge in [-0.15, -0.1) is 0 Å². The van der Waals surface area contributed by atoms with Crippen LogP contribution in [-0.2, 0) is 9.53 Å². The van der Waals surface area contributed by atoms with E-state index >= 15 is 0 Å². The van der Waals surface area contributed by atoms with E-state index in [4.69, 9.17) is 4.74 Å². The monoisotopic (exact) mass is 256 g/mol. The van der Waals surface area contributed by atoms with Crippen molar-refractivity contribution in [3.05, 3.63) is 53.1 Å². The topological polar surface area (TPSA) is 26.3 Å². The molecule has 0 aliphatic heterocycles. The van der Waals surface area contributed by atoms with E-state index < -0.39 is 0 Å². The Balaban J connectivity index is 2.40. The van der Waals surface area contributed by atoms with E-state index in [-0.39, 0.29) is 11.9 Å². The lowest BCUT2D eigenvalue weighted by atomic mass is 9.83. The van der Waals surface area contributed by atoms with Crippen molar-refractivity contribution < 1.29 is 9.53 Å². The predicted molar refractivity (Wildman–Crippen MR) is 77.7 cm³/mol. The molecular weight excluding hydrogens is 236 g/mol. The highest BCUT2D eigenvalue weighted by atomic mass is 16.5. The summed E-state index contributed by atoms with van der Waals surface area (Å²) in [6, 6.07) is 8.18. The summed E-state index contributed by atoms with van der Waals surface area (Å²) in [7, 11) is 0. The number of ether oxygens (including phenoxy) is 1. The van der Waals surface area contributed by atoms with Gasteiger partial charge >= 0.3 is 5.97 Å². The minimum atomic E-state index is -0.176. The molecule has 0 bridgehead atoms. The molecular formula is C17H20O2. The largest absolute Gasteiger partial charge is 0.466 e. The Hall–Kier alpha value is -1.83. The third-order valence-electron chi connectivity index (χ3n) is 3.46. The van der Waals surface area contributed by atoms with Gasteiger partial charge in [-0.2, -0.15) is 0 Å². The van der Waals surface area contributed by atoms with Crippen LogP contribution in [0.1, 0.15) is 31.4 Å². The summed E-state index contributed by atoms with van der Waals surface area (Å²) in [6.45, 7) is 6.42. The first-order valence-electron chi connectivity index (χ1n) is 6.74. The average Bonchev–Trinajstić information content (AvgIpc) is 2.39. The van der Waals surface area contributed by atoms with Crippen LogP contribution in [0.4, 0.5) is 0 Å². The van der Waals surface area contributed by atoms with Crippen molar-refractivity contribution >= 4 is 11.5 Å². The van der Waals surface area contributed by atoms with Crippen LogP contribution in [0.5, 0.6) is 0 Å².